The van der Waals surface area contributed by atoms with Crippen molar-refractivity contribution in [3.63, 3.8) is 0 Å². The summed E-state index contributed by atoms with van der Waals surface area (Å²) >= 11 is 5.93. The second-order valence-corrected chi connectivity index (χ2v) is 7.06. The lowest BCUT2D eigenvalue weighted by Crippen LogP contribution is -2.29. The lowest BCUT2D eigenvalue weighted by atomic mass is 10.0. The molecule has 0 spiro atoms. The summed E-state index contributed by atoms with van der Waals surface area (Å²) in [5, 5.41) is 9.58. The van der Waals surface area contributed by atoms with Crippen LogP contribution in [0.4, 0.5) is 17.1 Å². The Bertz CT molecular complexity index is 958. The molecular formula is C23H22ClN3O2. The second-order valence-electron chi connectivity index (χ2n) is 6.63. The summed E-state index contributed by atoms with van der Waals surface area (Å²) in [5.74, 6) is -0.392. The minimum absolute atomic E-state index is 0.116. The quantitative estimate of drug-likeness (QED) is 0.498. The SMILES string of the molecule is CC(=O)NC(CC(=O)Nc1ccc(Nc2ccccc2)cc1)c1ccc(Cl)cc1. The zero-order valence-corrected chi connectivity index (χ0v) is 16.7. The fourth-order valence-corrected chi connectivity index (χ4v) is 3.04. The maximum Gasteiger partial charge on any atom is 0.226 e. The fraction of sp³-hybridized carbons (Fsp3) is 0.130. The van der Waals surface area contributed by atoms with E-state index >= 15 is 0 Å². The molecule has 0 aliphatic heterocycles. The minimum atomic E-state index is -0.427. The van der Waals surface area contributed by atoms with Gasteiger partial charge < -0.3 is 16.0 Å². The summed E-state index contributed by atoms with van der Waals surface area (Å²) < 4.78 is 0. The van der Waals surface area contributed by atoms with Gasteiger partial charge in [0.1, 0.15) is 0 Å². The van der Waals surface area contributed by atoms with Crippen molar-refractivity contribution in [3.8, 4) is 0 Å². The molecule has 1 unspecified atom stereocenters. The summed E-state index contributed by atoms with van der Waals surface area (Å²) in [6, 6.07) is 24.0. The van der Waals surface area contributed by atoms with E-state index in [0.29, 0.717) is 10.7 Å². The predicted octanol–water partition coefficient (Wildman–Crippen LogP) is 5.29. The molecule has 0 radical (unpaired) electrons. The van der Waals surface area contributed by atoms with Crippen LogP contribution >= 0.6 is 11.6 Å². The normalized spacial score (nSPS) is 11.4. The number of carbonyl (C=O) groups excluding carboxylic acids is 2. The Kier molecular flexibility index (Phi) is 6.87. The number of nitrogens with one attached hydrogen (secondary N) is 3. The van der Waals surface area contributed by atoms with Gasteiger partial charge in [0, 0.05) is 29.0 Å². The molecule has 0 fully saturated rings. The highest BCUT2D eigenvalue weighted by molar-refractivity contribution is 6.30. The monoisotopic (exact) mass is 407 g/mol. The van der Waals surface area contributed by atoms with Gasteiger partial charge in [0.25, 0.3) is 0 Å². The average Bonchev–Trinajstić information content (AvgIpc) is 2.70. The van der Waals surface area contributed by atoms with Gasteiger partial charge in [0.2, 0.25) is 11.8 Å². The van der Waals surface area contributed by atoms with Gasteiger partial charge in [-0.15, -0.1) is 0 Å². The highest BCUT2D eigenvalue weighted by Gasteiger charge is 2.17. The molecule has 3 aromatic carbocycles. The Labute approximate surface area is 175 Å². The predicted molar refractivity (Wildman–Crippen MR) is 117 cm³/mol. The first-order valence-corrected chi connectivity index (χ1v) is 9.62. The summed E-state index contributed by atoms with van der Waals surface area (Å²) in [6.45, 7) is 1.43. The molecule has 0 aromatic heterocycles. The van der Waals surface area contributed by atoms with Crippen molar-refractivity contribution in [1.82, 2.24) is 5.32 Å². The number of carbonyl (C=O) groups is 2. The zero-order valence-electron chi connectivity index (χ0n) is 16.0. The molecule has 0 saturated heterocycles. The Morgan fingerprint density at radius 3 is 2.03 bits per heavy atom. The molecular weight excluding hydrogens is 386 g/mol. The van der Waals surface area contributed by atoms with Crippen molar-refractivity contribution < 1.29 is 9.59 Å². The zero-order chi connectivity index (χ0) is 20.6. The maximum absolute atomic E-state index is 12.5. The standard InChI is InChI=1S/C23H22ClN3O2/c1-16(28)25-22(17-7-9-18(24)10-8-17)15-23(29)27-21-13-11-20(12-14-21)26-19-5-3-2-4-6-19/h2-14,22,26H,15H2,1H3,(H,25,28)(H,27,29). The van der Waals surface area contributed by atoms with Gasteiger partial charge >= 0.3 is 0 Å². The molecule has 3 rings (SSSR count). The number of anilines is 3. The lowest BCUT2D eigenvalue weighted by molar-refractivity contribution is -0.120. The van der Waals surface area contributed by atoms with Gasteiger partial charge in [-0.1, -0.05) is 41.9 Å². The average molecular weight is 408 g/mol. The van der Waals surface area contributed by atoms with Crippen LogP contribution in [0.3, 0.4) is 0 Å². The van der Waals surface area contributed by atoms with Crippen molar-refractivity contribution in [2.45, 2.75) is 19.4 Å². The van der Waals surface area contributed by atoms with Crippen molar-refractivity contribution in [1.29, 1.82) is 0 Å². The number of para-hydroxylation sites is 1. The molecule has 5 nitrogen and oxygen atoms in total. The topological polar surface area (TPSA) is 70.2 Å². The number of halogens is 1. The van der Waals surface area contributed by atoms with E-state index in [4.69, 9.17) is 11.6 Å². The summed E-state index contributed by atoms with van der Waals surface area (Å²) in [4.78, 5) is 24.1. The Morgan fingerprint density at radius 1 is 0.828 bits per heavy atom. The number of amides is 2. The first kappa shape index (κ1) is 20.4. The minimum Gasteiger partial charge on any atom is -0.356 e. The van der Waals surface area contributed by atoms with E-state index in [1.54, 1.807) is 24.3 Å². The van der Waals surface area contributed by atoms with E-state index in [9.17, 15) is 9.59 Å². The number of benzene rings is 3. The van der Waals surface area contributed by atoms with Gasteiger partial charge in [-0.25, -0.2) is 0 Å². The Hall–Kier alpha value is -3.31. The van der Waals surface area contributed by atoms with Gasteiger partial charge in [0.05, 0.1) is 12.5 Å². The van der Waals surface area contributed by atoms with E-state index < -0.39 is 6.04 Å². The van der Waals surface area contributed by atoms with Gasteiger partial charge in [-0.2, -0.15) is 0 Å². The molecule has 3 N–H and O–H groups in total. The van der Waals surface area contributed by atoms with Gasteiger partial charge in [-0.05, 0) is 54.1 Å². The lowest BCUT2D eigenvalue weighted by Gasteiger charge is -2.18. The largest absolute Gasteiger partial charge is 0.356 e. The third-order valence-electron chi connectivity index (χ3n) is 4.27. The molecule has 2 amide bonds. The van der Waals surface area contributed by atoms with Crippen LogP contribution in [0.15, 0.2) is 78.9 Å². The third kappa shape index (κ3) is 6.36. The van der Waals surface area contributed by atoms with E-state index in [0.717, 1.165) is 16.9 Å². The molecule has 0 bridgehead atoms. The Balaban J connectivity index is 1.62. The molecule has 29 heavy (non-hydrogen) atoms. The van der Waals surface area contributed by atoms with Crippen LogP contribution in [0.25, 0.3) is 0 Å². The molecule has 3 aromatic rings. The molecule has 0 aliphatic carbocycles. The van der Waals surface area contributed by atoms with Crippen molar-refractivity contribution in [2.75, 3.05) is 10.6 Å². The van der Waals surface area contributed by atoms with Gasteiger partial charge in [-0.3, -0.25) is 9.59 Å². The summed E-state index contributed by atoms with van der Waals surface area (Å²) in [5.41, 5.74) is 3.42. The van der Waals surface area contributed by atoms with Crippen LogP contribution in [0.5, 0.6) is 0 Å². The maximum atomic E-state index is 12.5. The Morgan fingerprint density at radius 2 is 1.41 bits per heavy atom. The van der Waals surface area contributed by atoms with Crippen LogP contribution in [-0.4, -0.2) is 11.8 Å². The van der Waals surface area contributed by atoms with Crippen LogP contribution in [0.1, 0.15) is 24.9 Å². The summed E-state index contributed by atoms with van der Waals surface area (Å²) in [6.07, 6.45) is 0.116. The summed E-state index contributed by atoms with van der Waals surface area (Å²) in [7, 11) is 0. The number of rotatable bonds is 7. The van der Waals surface area contributed by atoms with E-state index in [2.05, 4.69) is 16.0 Å². The third-order valence-corrected chi connectivity index (χ3v) is 4.52. The molecule has 0 aliphatic rings. The van der Waals surface area contributed by atoms with Crippen LogP contribution in [-0.2, 0) is 9.59 Å². The van der Waals surface area contributed by atoms with Crippen molar-refractivity contribution >= 4 is 40.5 Å². The second kappa shape index (κ2) is 9.75. The molecule has 0 saturated carbocycles. The van der Waals surface area contributed by atoms with Gasteiger partial charge in [0.15, 0.2) is 0 Å². The molecule has 1 atom stereocenters. The number of hydrogen-bond acceptors (Lipinski definition) is 3. The van der Waals surface area contributed by atoms with Crippen LogP contribution in [0.2, 0.25) is 5.02 Å². The molecule has 148 valence electrons. The number of hydrogen-bond donors (Lipinski definition) is 3. The first-order valence-electron chi connectivity index (χ1n) is 9.24. The van der Waals surface area contributed by atoms with Crippen LogP contribution < -0.4 is 16.0 Å². The molecule has 6 heteroatoms. The highest BCUT2D eigenvalue weighted by atomic mass is 35.5. The van der Waals surface area contributed by atoms with E-state index in [1.807, 2.05) is 54.6 Å². The first-order chi connectivity index (χ1) is 14.0. The van der Waals surface area contributed by atoms with Crippen LogP contribution in [0, 0.1) is 0 Å². The van der Waals surface area contributed by atoms with Crippen molar-refractivity contribution in [3.05, 3.63) is 89.4 Å². The molecule has 0 heterocycles. The van der Waals surface area contributed by atoms with Crippen molar-refractivity contribution in [2.24, 2.45) is 0 Å². The fourth-order valence-electron chi connectivity index (χ4n) is 2.92. The van der Waals surface area contributed by atoms with E-state index in [-0.39, 0.29) is 18.2 Å². The highest BCUT2D eigenvalue weighted by Crippen LogP contribution is 2.22. The van der Waals surface area contributed by atoms with E-state index in [1.165, 1.54) is 6.92 Å². The smallest absolute Gasteiger partial charge is 0.226 e.